The van der Waals surface area contributed by atoms with Gasteiger partial charge in [-0.15, -0.1) is 0 Å². The fraction of sp³-hybridized carbons (Fsp3) is 0.500. The van der Waals surface area contributed by atoms with Gasteiger partial charge in [-0.25, -0.2) is 0 Å². The van der Waals surface area contributed by atoms with Gasteiger partial charge in [0.1, 0.15) is 0 Å². The maximum atomic E-state index is 13.1. The third-order valence-corrected chi connectivity index (χ3v) is 3.47. The van der Waals surface area contributed by atoms with E-state index in [2.05, 4.69) is 20.5 Å². The van der Waals surface area contributed by atoms with E-state index in [9.17, 15) is 13.2 Å². The third-order valence-electron chi connectivity index (χ3n) is 3.47. The van der Waals surface area contributed by atoms with Gasteiger partial charge in [0.05, 0.1) is 23.1 Å². The van der Waals surface area contributed by atoms with Crippen LogP contribution in [-0.4, -0.2) is 21.7 Å². The van der Waals surface area contributed by atoms with Crippen LogP contribution in [0.4, 0.5) is 13.2 Å². The number of nitrogens with zero attached hydrogens (tertiary/aromatic N) is 2. The second-order valence-corrected chi connectivity index (χ2v) is 5.26. The molecule has 2 heterocycles. The van der Waals surface area contributed by atoms with Gasteiger partial charge in [0.2, 0.25) is 0 Å². The first-order chi connectivity index (χ1) is 11.0. The van der Waals surface area contributed by atoms with Crippen LogP contribution in [0, 0.1) is 5.92 Å². The van der Waals surface area contributed by atoms with Crippen LogP contribution in [0.2, 0.25) is 0 Å². The molecule has 2 aromatic heterocycles. The SMILES string of the molecule is CC.FC(F)(F)c1ccc(CNCC2CC2)nc1-c1cn[nH]c1. The minimum Gasteiger partial charge on any atom is -0.311 e. The van der Waals surface area contributed by atoms with E-state index in [1.54, 1.807) is 0 Å². The summed E-state index contributed by atoms with van der Waals surface area (Å²) in [6, 6.07) is 2.51. The Balaban J connectivity index is 0.000000924. The molecule has 4 nitrogen and oxygen atoms in total. The molecule has 1 fully saturated rings. The number of rotatable bonds is 5. The molecule has 126 valence electrons. The molecular formula is C16H21F3N4. The predicted octanol–water partition coefficient (Wildman–Crippen LogP) is 4.02. The van der Waals surface area contributed by atoms with Crippen molar-refractivity contribution >= 4 is 0 Å². The second kappa shape index (κ2) is 7.59. The average Bonchev–Trinajstić information content (AvgIpc) is 3.19. The fourth-order valence-corrected chi connectivity index (χ4v) is 2.15. The van der Waals surface area contributed by atoms with Crippen molar-refractivity contribution in [2.24, 2.45) is 5.92 Å². The number of nitrogens with one attached hydrogen (secondary N) is 2. The van der Waals surface area contributed by atoms with Crippen LogP contribution in [0.3, 0.4) is 0 Å². The van der Waals surface area contributed by atoms with E-state index in [0.717, 1.165) is 12.6 Å². The zero-order valence-corrected chi connectivity index (χ0v) is 13.2. The van der Waals surface area contributed by atoms with Gasteiger partial charge < -0.3 is 5.32 Å². The van der Waals surface area contributed by atoms with E-state index < -0.39 is 11.7 Å². The maximum Gasteiger partial charge on any atom is 0.418 e. The zero-order chi connectivity index (χ0) is 16.9. The van der Waals surface area contributed by atoms with E-state index in [0.29, 0.717) is 23.7 Å². The Morgan fingerprint density at radius 1 is 1.26 bits per heavy atom. The molecular weight excluding hydrogens is 305 g/mol. The lowest BCUT2D eigenvalue weighted by atomic mass is 10.1. The van der Waals surface area contributed by atoms with E-state index in [4.69, 9.17) is 0 Å². The number of aromatic nitrogens is 3. The van der Waals surface area contributed by atoms with Crippen LogP contribution in [0.5, 0.6) is 0 Å². The molecule has 7 heteroatoms. The molecule has 1 aliphatic rings. The molecule has 0 atom stereocenters. The molecule has 0 amide bonds. The number of halogens is 3. The molecule has 1 aliphatic carbocycles. The standard InChI is InChI=1S/C14H15F3N4.C2H6/c15-14(16,17)12-4-3-11(8-18-5-9-1-2-9)21-13(12)10-6-19-20-7-10;1-2/h3-4,6-7,9,18H,1-2,5,8H2,(H,19,20);1-2H3. The highest BCUT2D eigenvalue weighted by molar-refractivity contribution is 5.62. The number of alkyl halides is 3. The molecule has 0 radical (unpaired) electrons. The first kappa shape index (κ1) is 17.5. The monoisotopic (exact) mass is 326 g/mol. The van der Waals surface area contributed by atoms with E-state index in [1.807, 2.05) is 13.8 Å². The molecule has 0 spiro atoms. The molecule has 2 aromatic rings. The summed E-state index contributed by atoms with van der Waals surface area (Å²) in [5.41, 5.74) is 0.114. The number of pyridine rings is 1. The highest BCUT2D eigenvalue weighted by Crippen LogP contribution is 2.35. The Bertz CT molecular complexity index is 604. The summed E-state index contributed by atoms with van der Waals surface area (Å²) in [4.78, 5) is 4.16. The molecule has 2 N–H and O–H groups in total. The predicted molar refractivity (Wildman–Crippen MR) is 82.6 cm³/mol. The smallest absolute Gasteiger partial charge is 0.311 e. The molecule has 1 saturated carbocycles. The van der Waals surface area contributed by atoms with Crippen LogP contribution < -0.4 is 5.32 Å². The van der Waals surface area contributed by atoms with Crippen LogP contribution in [0.15, 0.2) is 24.5 Å². The van der Waals surface area contributed by atoms with Crippen molar-refractivity contribution in [3.8, 4) is 11.3 Å². The quantitative estimate of drug-likeness (QED) is 0.872. The molecule has 0 aromatic carbocycles. The zero-order valence-electron chi connectivity index (χ0n) is 13.2. The van der Waals surface area contributed by atoms with Crippen molar-refractivity contribution in [3.05, 3.63) is 35.8 Å². The summed E-state index contributed by atoms with van der Waals surface area (Å²) in [7, 11) is 0. The van der Waals surface area contributed by atoms with Gasteiger partial charge in [-0.1, -0.05) is 13.8 Å². The normalized spacial score (nSPS) is 14.3. The largest absolute Gasteiger partial charge is 0.418 e. The molecule has 3 rings (SSSR count). The minimum absolute atomic E-state index is 0.0815. The Morgan fingerprint density at radius 2 is 2.00 bits per heavy atom. The van der Waals surface area contributed by atoms with Gasteiger partial charge in [-0.05, 0) is 37.4 Å². The Kier molecular flexibility index (Phi) is 5.76. The molecule has 0 unspecified atom stereocenters. The second-order valence-electron chi connectivity index (χ2n) is 5.26. The van der Waals surface area contributed by atoms with E-state index in [1.165, 1.54) is 31.3 Å². The maximum absolute atomic E-state index is 13.1. The number of H-pyrrole nitrogens is 1. The van der Waals surface area contributed by atoms with Crippen molar-refractivity contribution < 1.29 is 13.2 Å². The van der Waals surface area contributed by atoms with Crippen molar-refractivity contribution in [2.45, 2.75) is 39.4 Å². The third kappa shape index (κ3) is 4.79. The van der Waals surface area contributed by atoms with E-state index in [-0.39, 0.29) is 5.69 Å². The van der Waals surface area contributed by atoms with Gasteiger partial charge in [0, 0.05) is 18.3 Å². The topological polar surface area (TPSA) is 53.6 Å². The van der Waals surface area contributed by atoms with Gasteiger partial charge in [0.25, 0.3) is 0 Å². The van der Waals surface area contributed by atoms with Gasteiger partial charge in [-0.3, -0.25) is 10.1 Å². The summed E-state index contributed by atoms with van der Waals surface area (Å²) >= 11 is 0. The Hall–Kier alpha value is -1.89. The first-order valence-corrected chi connectivity index (χ1v) is 7.81. The summed E-state index contributed by atoms with van der Waals surface area (Å²) in [5.74, 6) is 0.716. The Morgan fingerprint density at radius 3 is 2.57 bits per heavy atom. The molecule has 0 bridgehead atoms. The lowest BCUT2D eigenvalue weighted by Crippen LogP contribution is -2.18. The Labute approximate surface area is 133 Å². The van der Waals surface area contributed by atoms with Crippen molar-refractivity contribution in [2.75, 3.05) is 6.54 Å². The van der Waals surface area contributed by atoms with E-state index >= 15 is 0 Å². The minimum atomic E-state index is -4.43. The van der Waals surface area contributed by atoms with Crippen molar-refractivity contribution in [1.29, 1.82) is 0 Å². The summed E-state index contributed by atoms with van der Waals surface area (Å²) in [6.07, 6.45) is 0.791. The van der Waals surface area contributed by atoms with Gasteiger partial charge >= 0.3 is 6.18 Å². The number of hydrogen-bond donors (Lipinski definition) is 2. The molecule has 0 aliphatic heterocycles. The van der Waals surface area contributed by atoms with Crippen molar-refractivity contribution in [1.82, 2.24) is 20.5 Å². The van der Waals surface area contributed by atoms with Crippen molar-refractivity contribution in [3.63, 3.8) is 0 Å². The van der Waals surface area contributed by atoms with Crippen LogP contribution >= 0.6 is 0 Å². The summed E-state index contributed by atoms with van der Waals surface area (Å²) in [6.45, 7) is 5.36. The highest BCUT2D eigenvalue weighted by atomic mass is 19.4. The first-order valence-electron chi connectivity index (χ1n) is 7.81. The van der Waals surface area contributed by atoms with Gasteiger partial charge in [0.15, 0.2) is 0 Å². The lowest BCUT2D eigenvalue weighted by molar-refractivity contribution is -0.137. The molecule has 23 heavy (non-hydrogen) atoms. The fourth-order valence-electron chi connectivity index (χ4n) is 2.15. The number of hydrogen-bond acceptors (Lipinski definition) is 3. The lowest BCUT2D eigenvalue weighted by Gasteiger charge is -2.13. The van der Waals surface area contributed by atoms with Crippen LogP contribution in [0.25, 0.3) is 11.3 Å². The highest BCUT2D eigenvalue weighted by Gasteiger charge is 2.34. The van der Waals surface area contributed by atoms with Gasteiger partial charge in [-0.2, -0.15) is 18.3 Å². The van der Waals surface area contributed by atoms with Crippen LogP contribution in [-0.2, 0) is 12.7 Å². The van der Waals surface area contributed by atoms with Crippen LogP contribution in [0.1, 0.15) is 37.9 Å². The number of aromatic amines is 1. The summed E-state index contributed by atoms with van der Waals surface area (Å²) in [5, 5.41) is 9.44. The molecule has 0 saturated heterocycles. The average molecular weight is 326 g/mol. The summed E-state index contributed by atoms with van der Waals surface area (Å²) < 4.78 is 39.2.